The predicted molar refractivity (Wildman–Crippen MR) is 77.7 cm³/mol. The molecule has 0 amide bonds. The van der Waals surface area contributed by atoms with Crippen LogP contribution in [0.1, 0.15) is 57.9 Å². The molecular formula is C17H26O. The van der Waals surface area contributed by atoms with Gasteiger partial charge in [0.1, 0.15) is 5.78 Å². The van der Waals surface area contributed by atoms with E-state index in [1.54, 1.807) is 6.92 Å². The Hall–Kier alpha value is -1.11. The Morgan fingerprint density at radius 1 is 1.06 bits per heavy atom. The molecule has 0 N–H and O–H groups in total. The summed E-state index contributed by atoms with van der Waals surface area (Å²) >= 11 is 0. The molecule has 0 aliphatic heterocycles. The molecule has 1 aromatic carbocycles. The molecule has 1 nitrogen and oxygen atoms in total. The molecule has 0 fully saturated rings. The lowest BCUT2D eigenvalue weighted by molar-refractivity contribution is -0.121. The zero-order valence-electron chi connectivity index (χ0n) is 11.8. The van der Waals surface area contributed by atoms with Crippen LogP contribution in [0.25, 0.3) is 0 Å². The molecule has 0 aliphatic rings. The van der Waals surface area contributed by atoms with E-state index in [0.717, 1.165) is 25.7 Å². The maximum atomic E-state index is 11.6. The topological polar surface area (TPSA) is 17.1 Å². The number of rotatable bonds is 9. The lowest BCUT2D eigenvalue weighted by atomic mass is 9.91. The smallest absolute Gasteiger partial charge is 0.132 e. The summed E-state index contributed by atoms with van der Waals surface area (Å²) in [6.45, 7) is 3.96. The third-order valence-electron chi connectivity index (χ3n) is 3.59. The summed E-state index contributed by atoms with van der Waals surface area (Å²) in [4.78, 5) is 11.6. The van der Waals surface area contributed by atoms with Gasteiger partial charge >= 0.3 is 0 Å². The largest absolute Gasteiger partial charge is 0.300 e. The van der Waals surface area contributed by atoms with Crippen molar-refractivity contribution in [3.63, 3.8) is 0 Å². The van der Waals surface area contributed by atoms with Gasteiger partial charge in [-0.05, 0) is 38.2 Å². The Morgan fingerprint density at radius 2 is 1.72 bits per heavy atom. The number of carbonyl (C=O) groups excluding carboxylic acids is 1. The molecule has 0 aliphatic carbocycles. The number of hydrogen-bond acceptors (Lipinski definition) is 1. The van der Waals surface area contributed by atoms with Crippen molar-refractivity contribution >= 4 is 5.78 Å². The number of ketones is 1. The molecule has 0 bridgehead atoms. The van der Waals surface area contributed by atoms with Gasteiger partial charge in [0.15, 0.2) is 0 Å². The molecule has 0 spiro atoms. The number of aryl methyl sites for hydroxylation is 1. The first kappa shape index (κ1) is 14.9. The third kappa shape index (κ3) is 6.00. The molecule has 1 atom stereocenters. The van der Waals surface area contributed by atoms with E-state index in [2.05, 4.69) is 31.2 Å². The van der Waals surface area contributed by atoms with E-state index in [4.69, 9.17) is 0 Å². The van der Waals surface area contributed by atoms with Crippen LogP contribution in [0.4, 0.5) is 0 Å². The Labute approximate surface area is 112 Å². The van der Waals surface area contributed by atoms with Gasteiger partial charge in [0.2, 0.25) is 0 Å². The van der Waals surface area contributed by atoms with Crippen LogP contribution in [-0.2, 0) is 11.2 Å². The minimum atomic E-state index is 0.292. The standard InChI is InChI=1S/C17H26O/c1-3-4-6-13-17(15(2)18)14-9-12-16-10-7-5-8-11-16/h5,7-8,10-11,17H,3-4,6,9,12-14H2,1-2H3. The molecule has 0 saturated carbocycles. The SMILES string of the molecule is CCCCCC(CCCc1ccccc1)C(C)=O. The van der Waals surface area contributed by atoms with Crippen molar-refractivity contribution in [3.8, 4) is 0 Å². The van der Waals surface area contributed by atoms with Crippen LogP contribution < -0.4 is 0 Å². The van der Waals surface area contributed by atoms with E-state index < -0.39 is 0 Å². The van der Waals surface area contributed by atoms with Gasteiger partial charge in [-0.3, -0.25) is 4.79 Å². The average Bonchev–Trinajstić information content (AvgIpc) is 2.38. The maximum Gasteiger partial charge on any atom is 0.132 e. The molecule has 1 heteroatoms. The highest BCUT2D eigenvalue weighted by Gasteiger charge is 2.13. The summed E-state index contributed by atoms with van der Waals surface area (Å²) in [6.07, 6.45) is 8.04. The van der Waals surface area contributed by atoms with E-state index in [0.29, 0.717) is 11.7 Å². The van der Waals surface area contributed by atoms with Crippen molar-refractivity contribution in [1.82, 2.24) is 0 Å². The van der Waals surface area contributed by atoms with E-state index in [-0.39, 0.29) is 0 Å². The zero-order valence-corrected chi connectivity index (χ0v) is 11.8. The first-order chi connectivity index (χ1) is 8.74. The van der Waals surface area contributed by atoms with Gasteiger partial charge in [-0.1, -0.05) is 56.5 Å². The molecular weight excluding hydrogens is 220 g/mol. The van der Waals surface area contributed by atoms with Crippen molar-refractivity contribution in [2.75, 3.05) is 0 Å². The fourth-order valence-electron chi connectivity index (χ4n) is 2.39. The van der Waals surface area contributed by atoms with Gasteiger partial charge < -0.3 is 0 Å². The zero-order chi connectivity index (χ0) is 13.2. The van der Waals surface area contributed by atoms with Crippen LogP contribution in [-0.4, -0.2) is 5.78 Å². The molecule has 0 radical (unpaired) electrons. The summed E-state index contributed by atoms with van der Waals surface area (Å²) in [5, 5.41) is 0. The average molecular weight is 246 g/mol. The van der Waals surface area contributed by atoms with Gasteiger partial charge in [-0.25, -0.2) is 0 Å². The van der Waals surface area contributed by atoms with Crippen LogP contribution >= 0.6 is 0 Å². The van der Waals surface area contributed by atoms with Crippen LogP contribution in [0, 0.1) is 5.92 Å². The van der Waals surface area contributed by atoms with Gasteiger partial charge in [-0.2, -0.15) is 0 Å². The molecule has 0 saturated heterocycles. The predicted octanol–water partition coefficient (Wildman–Crippen LogP) is 4.79. The molecule has 1 aromatic rings. The van der Waals surface area contributed by atoms with Gasteiger partial charge in [0.25, 0.3) is 0 Å². The number of benzene rings is 1. The summed E-state index contributed by atoms with van der Waals surface area (Å²) in [7, 11) is 0. The fraction of sp³-hybridized carbons (Fsp3) is 0.588. The molecule has 1 unspecified atom stereocenters. The number of hydrogen-bond donors (Lipinski definition) is 0. The van der Waals surface area contributed by atoms with Crippen LogP contribution in [0.2, 0.25) is 0 Å². The number of Topliss-reactive ketones (excluding diaryl/α,β-unsaturated/α-hetero) is 1. The third-order valence-corrected chi connectivity index (χ3v) is 3.59. The normalized spacial score (nSPS) is 12.3. The van der Waals surface area contributed by atoms with E-state index in [1.165, 1.54) is 24.8 Å². The highest BCUT2D eigenvalue weighted by atomic mass is 16.1. The molecule has 0 heterocycles. The van der Waals surface area contributed by atoms with Crippen molar-refractivity contribution < 1.29 is 4.79 Å². The fourth-order valence-corrected chi connectivity index (χ4v) is 2.39. The lowest BCUT2D eigenvalue weighted by Gasteiger charge is -2.13. The summed E-state index contributed by atoms with van der Waals surface area (Å²) in [5.74, 6) is 0.666. The second kappa shape index (κ2) is 8.91. The Morgan fingerprint density at radius 3 is 2.33 bits per heavy atom. The van der Waals surface area contributed by atoms with Crippen LogP contribution in [0.3, 0.4) is 0 Å². The monoisotopic (exact) mass is 246 g/mol. The minimum Gasteiger partial charge on any atom is -0.300 e. The number of carbonyl (C=O) groups is 1. The second-order valence-electron chi connectivity index (χ2n) is 5.18. The number of unbranched alkanes of at least 4 members (excludes halogenated alkanes) is 2. The van der Waals surface area contributed by atoms with Gasteiger partial charge in [-0.15, -0.1) is 0 Å². The lowest BCUT2D eigenvalue weighted by Crippen LogP contribution is -2.11. The quantitative estimate of drug-likeness (QED) is 0.572. The Bertz CT molecular complexity index is 329. The van der Waals surface area contributed by atoms with Crippen molar-refractivity contribution in [2.45, 2.75) is 58.8 Å². The van der Waals surface area contributed by atoms with Crippen LogP contribution in [0.15, 0.2) is 30.3 Å². The van der Waals surface area contributed by atoms with Crippen molar-refractivity contribution in [1.29, 1.82) is 0 Å². The summed E-state index contributed by atoms with van der Waals surface area (Å²) in [6, 6.07) is 10.5. The van der Waals surface area contributed by atoms with E-state index >= 15 is 0 Å². The highest BCUT2D eigenvalue weighted by Crippen LogP contribution is 2.18. The second-order valence-corrected chi connectivity index (χ2v) is 5.18. The molecule has 0 aromatic heterocycles. The maximum absolute atomic E-state index is 11.6. The van der Waals surface area contributed by atoms with E-state index in [1.807, 2.05) is 6.07 Å². The van der Waals surface area contributed by atoms with Crippen molar-refractivity contribution in [3.05, 3.63) is 35.9 Å². The molecule has 100 valence electrons. The first-order valence-electron chi connectivity index (χ1n) is 7.28. The minimum absolute atomic E-state index is 0.292. The first-order valence-corrected chi connectivity index (χ1v) is 7.28. The van der Waals surface area contributed by atoms with Crippen LogP contribution in [0.5, 0.6) is 0 Å². The molecule has 1 rings (SSSR count). The summed E-state index contributed by atoms with van der Waals surface area (Å²) < 4.78 is 0. The Balaban J connectivity index is 2.27. The van der Waals surface area contributed by atoms with Gasteiger partial charge in [0, 0.05) is 5.92 Å². The summed E-state index contributed by atoms with van der Waals surface area (Å²) in [5.41, 5.74) is 1.38. The van der Waals surface area contributed by atoms with Gasteiger partial charge in [0.05, 0.1) is 0 Å². The molecule has 18 heavy (non-hydrogen) atoms. The highest BCUT2D eigenvalue weighted by molar-refractivity contribution is 5.78. The Kier molecular flexibility index (Phi) is 7.40. The van der Waals surface area contributed by atoms with Crippen molar-refractivity contribution in [2.24, 2.45) is 5.92 Å². The van der Waals surface area contributed by atoms with E-state index in [9.17, 15) is 4.79 Å².